The fourth-order valence-corrected chi connectivity index (χ4v) is 5.72. The van der Waals surface area contributed by atoms with Gasteiger partial charge in [-0.3, -0.25) is 4.98 Å². The first-order valence-corrected chi connectivity index (χ1v) is 12.7. The second kappa shape index (κ2) is 8.43. The fraction of sp³-hybridized carbons (Fsp3) is 0.258. The molecule has 0 aliphatic heterocycles. The number of thiophene rings is 1. The highest BCUT2D eigenvalue weighted by molar-refractivity contribution is 7.17. The molecule has 0 unspecified atom stereocenters. The van der Waals surface area contributed by atoms with E-state index < -0.39 is 0 Å². The van der Waals surface area contributed by atoms with Gasteiger partial charge in [-0.2, -0.15) is 0 Å². The van der Waals surface area contributed by atoms with Gasteiger partial charge >= 0.3 is 0 Å². The molecule has 33 heavy (non-hydrogen) atoms. The Bertz CT molecular complexity index is 1450. The van der Waals surface area contributed by atoms with Gasteiger partial charge in [0.25, 0.3) is 0 Å². The first-order valence-electron chi connectivity index (χ1n) is 11.8. The van der Waals surface area contributed by atoms with Gasteiger partial charge in [-0.15, -0.1) is 11.3 Å². The van der Waals surface area contributed by atoms with Gasteiger partial charge in [0, 0.05) is 16.5 Å². The summed E-state index contributed by atoms with van der Waals surface area (Å²) in [4.78, 5) is 4.77. The maximum absolute atomic E-state index is 4.77. The highest BCUT2D eigenvalue weighted by Gasteiger charge is 2.18. The minimum absolute atomic E-state index is 0.0606. The van der Waals surface area contributed by atoms with E-state index >= 15 is 0 Å². The molecule has 5 aromatic rings. The lowest BCUT2D eigenvalue weighted by Gasteiger charge is -2.22. The molecule has 166 valence electrons. The summed E-state index contributed by atoms with van der Waals surface area (Å²) in [6, 6.07) is 24.5. The second-order valence-electron chi connectivity index (χ2n) is 10.5. The summed E-state index contributed by atoms with van der Waals surface area (Å²) in [7, 11) is 0. The lowest BCUT2D eigenvalue weighted by atomic mass is 9.82. The zero-order valence-electron chi connectivity index (χ0n) is 20.1. The predicted molar refractivity (Wildman–Crippen MR) is 145 cm³/mol. The Balaban J connectivity index is 1.58. The molecule has 0 saturated carbocycles. The summed E-state index contributed by atoms with van der Waals surface area (Å²) in [6.07, 6.45) is 3.08. The Hall–Kier alpha value is -2.97. The highest BCUT2D eigenvalue weighted by atomic mass is 32.1. The molecule has 0 aliphatic carbocycles. The van der Waals surface area contributed by atoms with Crippen LogP contribution in [0.25, 0.3) is 43.2 Å². The lowest BCUT2D eigenvalue weighted by molar-refractivity contribution is 0.596. The average molecular weight is 450 g/mol. The van der Waals surface area contributed by atoms with E-state index in [4.69, 9.17) is 4.98 Å². The molecule has 5 rings (SSSR count). The molecule has 1 nitrogen and oxygen atoms in total. The summed E-state index contributed by atoms with van der Waals surface area (Å²) < 4.78 is 1.36. The standard InChI is InChI=1S/C31H31NS/c1-20(2)14-25-19-33-30-18-21(10-11-27(25)30)22-12-13-32-29(17-22)24-15-23-8-6-7-9-26(23)28(16-24)31(3,4)5/h6-13,15-20H,14H2,1-5H3. The van der Waals surface area contributed by atoms with Crippen molar-refractivity contribution in [2.24, 2.45) is 5.92 Å². The maximum atomic E-state index is 4.77. The Kier molecular flexibility index (Phi) is 5.58. The largest absolute Gasteiger partial charge is 0.256 e. The third kappa shape index (κ3) is 4.32. The number of rotatable bonds is 4. The number of nitrogens with zero attached hydrogens (tertiary/aromatic N) is 1. The van der Waals surface area contributed by atoms with E-state index in [0.717, 1.165) is 12.1 Å². The molecule has 0 bridgehead atoms. The number of aromatic nitrogens is 1. The third-order valence-electron chi connectivity index (χ3n) is 6.34. The van der Waals surface area contributed by atoms with Gasteiger partial charge in [-0.05, 0) is 91.9 Å². The number of hydrogen-bond donors (Lipinski definition) is 0. The molecular formula is C31H31NS. The molecule has 2 heteroatoms. The molecule has 0 spiro atoms. The van der Waals surface area contributed by atoms with Crippen molar-refractivity contribution in [3.05, 3.63) is 89.4 Å². The monoisotopic (exact) mass is 449 g/mol. The van der Waals surface area contributed by atoms with Gasteiger partial charge in [0.1, 0.15) is 0 Å². The van der Waals surface area contributed by atoms with E-state index in [1.165, 1.54) is 48.7 Å². The molecule has 0 amide bonds. The summed E-state index contributed by atoms with van der Waals surface area (Å²) >= 11 is 1.86. The molecule has 3 aromatic carbocycles. The topological polar surface area (TPSA) is 12.9 Å². The van der Waals surface area contributed by atoms with Crippen molar-refractivity contribution < 1.29 is 0 Å². The Morgan fingerprint density at radius 2 is 1.61 bits per heavy atom. The van der Waals surface area contributed by atoms with Crippen molar-refractivity contribution >= 4 is 32.2 Å². The third-order valence-corrected chi connectivity index (χ3v) is 7.34. The second-order valence-corrected chi connectivity index (χ2v) is 11.4. The van der Waals surface area contributed by atoms with E-state index in [0.29, 0.717) is 5.92 Å². The van der Waals surface area contributed by atoms with Crippen molar-refractivity contribution in [1.82, 2.24) is 4.98 Å². The van der Waals surface area contributed by atoms with Gasteiger partial charge in [0.05, 0.1) is 5.69 Å². The van der Waals surface area contributed by atoms with Crippen LogP contribution in [0.5, 0.6) is 0 Å². The normalized spacial score (nSPS) is 12.2. The van der Waals surface area contributed by atoms with E-state index in [1.54, 1.807) is 0 Å². The molecular weight excluding hydrogens is 418 g/mol. The Morgan fingerprint density at radius 1 is 0.818 bits per heavy atom. The fourth-order valence-electron chi connectivity index (χ4n) is 4.71. The van der Waals surface area contributed by atoms with Crippen LogP contribution in [0.2, 0.25) is 0 Å². The van der Waals surface area contributed by atoms with Crippen LogP contribution < -0.4 is 0 Å². The van der Waals surface area contributed by atoms with Crippen molar-refractivity contribution in [2.45, 2.75) is 46.5 Å². The van der Waals surface area contributed by atoms with Crippen molar-refractivity contribution in [3.63, 3.8) is 0 Å². The average Bonchev–Trinajstić information content (AvgIpc) is 3.19. The van der Waals surface area contributed by atoms with E-state index in [2.05, 4.69) is 107 Å². The number of pyridine rings is 1. The minimum atomic E-state index is 0.0606. The van der Waals surface area contributed by atoms with Crippen molar-refractivity contribution in [3.8, 4) is 22.4 Å². The number of hydrogen-bond acceptors (Lipinski definition) is 2. The lowest BCUT2D eigenvalue weighted by Crippen LogP contribution is -2.12. The summed E-state index contributed by atoms with van der Waals surface area (Å²) in [6.45, 7) is 11.4. The van der Waals surface area contributed by atoms with Gasteiger partial charge in [0.2, 0.25) is 0 Å². The van der Waals surface area contributed by atoms with Crippen LogP contribution in [-0.2, 0) is 11.8 Å². The van der Waals surface area contributed by atoms with Crippen LogP contribution >= 0.6 is 11.3 Å². The first-order chi connectivity index (χ1) is 15.8. The van der Waals surface area contributed by atoms with Gasteiger partial charge in [0.15, 0.2) is 0 Å². The SMILES string of the molecule is CC(C)Cc1csc2cc(-c3ccnc(-c4cc(C(C)(C)C)c5ccccc5c4)c3)ccc12. The van der Waals surface area contributed by atoms with Crippen LogP contribution in [-0.4, -0.2) is 4.98 Å². The molecule has 2 heterocycles. The summed E-state index contributed by atoms with van der Waals surface area (Å²) in [5, 5.41) is 6.32. The molecule has 0 atom stereocenters. The Morgan fingerprint density at radius 3 is 2.39 bits per heavy atom. The van der Waals surface area contributed by atoms with E-state index in [-0.39, 0.29) is 5.41 Å². The van der Waals surface area contributed by atoms with Crippen LogP contribution in [0, 0.1) is 5.92 Å². The Labute approximate surface area is 201 Å². The molecule has 2 aromatic heterocycles. The van der Waals surface area contributed by atoms with Crippen LogP contribution in [0.3, 0.4) is 0 Å². The smallest absolute Gasteiger partial charge is 0.0708 e. The molecule has 0 aliphatic rings. The minimum Gasteiger partial charge on any atom is -0.256 e. The van der Waals surface area contributed by atoms with Crippen LogP contribution in [0.4, 0.5) is 0 Å². The predicted octanol–water partition coefficient (Wildman–Crippen LogP) is 9.28. The van der Waals surface area contributed by atoms with E-state index in [1.807, 2.05) is 17.5 Å². The van der Waals surface area contributed by atoms with Crippen LogP contribution in [0.1, 0.15) is 45.7 Å². The zero-order chi connectivity index (χ0) is 23.2. The van der Waals surface area contributed by atoms with Gasteiger partial charge in [-0.25, -0.2) is 0 Å². The number of fused-ring (bicyclic) bond motifs is 2. The molecule has 0 N–H and O–H groups in total. The summed E-state index contributed by atoms with van der Waals surface area (Å²) in [5.74, 6) is 0.671. The molecule has 0 saturated heterocycles. The highest BCUT2D eigenvalue weighted by Crippen LogP contribution is 2.36. The zero-order valence-corrected chi connectivity index (χ0v) is 21.0. The number of benzene rings is 3. The van der Waals surface area contributed by atoms with Gasteiger partial charge in [-0.1, -0.05) is 71.0 Å². The van der Waals surface area contributed by atoms with Crippen LogP contribution in [0.15, 0.2) is 78.3 Å². The van der Waals surface area contributed by atoms with Crippen molar-refractivity contribution in [1.29, 1.82) is 0 Å². The quantitative estimate of drug-likeness (QED) is 0.266. The van der Waals surface area contributed by atoms with Gasteiger partial charge < -0.3 is 0 Å². The molecule has 0 fully saturated rings. The molecule has 0 radical (unpaired) electrons. The van der Waals surface area contributed by atoms with E-state index in [9.17, 15) is 0 Å². The summed E-state index contributed by atoms with van der Waals surface area (Å²) in [5.41, 5.74) is 7.56. The van der Waals surface area contributed by atoms with Crippen molar-refractivity contribution in [2.75, 3.05) is 0 Å². The maximum Gasteiger partial charge on any atom is 0.0708 e. The first kappa shape index (κ1) is 21.9.